The van der Waals surface area contributed by atoms with Gasteiger partial charge < -0.3 is 5.11 Å². The van der Waals surface area contributed by atoms with Crippen LogP contribution in [0.2, 0.25) is 0 Å². The number of hydrogen-bond donors (Lipinski definition) is 1. The number of benzene rings is 1. The Balaban J connectivity index is 0.00000576. The van der Waals surface area contributed by atoms with Gasteiger partial charge in [-0.25, -0.2) is 0 Å². The summed E-state index contributed by atoms with van der Waals surface area (Å²) in [7, 11) is -4.29. The maximum absolute atomic E-state index is 11.8. The van der Waals surface area contributed by atoms with E-state index >= 15 is 0 Å². The fourth-order valence-corrected chi connectivity index (χ4v) is 3.38. The molecule has 0 unspecified atom stereocenters. The molecule has 1 aromatic rings. The molecule has 0 spiro atoms. The molecule has 0 fully saturated rings. The summed E-state index contributed by atoms with van der Waals surface area (Å²) < 4.78 is 30.9. The molecule has 0 saturated carbocycles. The van der Waals surface area contributed by atoms with Gasteiger partial charge in [-0.05, 0) is 25.0 Å². The van der Waals surface area contributed by atoms with Crippen LogP contribution in [0.3, 0.4) is 0 Å². The Morgan fingerprint density at radius 3 is 1.80 bits per heavy atom. The molecule has 1 aromatic carbocycles. The Bertz CT molecular complexity index is 573. The van der Waals surface area contributed by atoms with Gasteiger partial charge in [0.05, 0.1) is 4.90 Å². The van der Waals surface area contributed by atoms with Gasteiger partial charge in [0.2, 0.25) is 0 Å². The van der Waals surface area contributed by atoms with Gasteiger partial charge in [0.15, 0.2) is 0 Å². The fraction of sp³-hybridized carbons (Fsp3) is 0.684. The van der Waals surface area contributed by atoms with Crippen LogP contribution in [0, 0.1) is 0 Å². The molecule has 25 heavy (non-hydrogen) atoms. The summed E-state index contributed by atoms with van der Waals surface area (Å²) in [6, 6.07) is 3.82. The molecule has 138 valence electrons. The van der Waals surface area contributed by atoms with E-state index in [1.807, 2.05) is 0 Å². The molecule has 0 bridgehead atoms. The summed E-state index contributed by atoms with van der Waals surface area (Å²) in [5.41, 5.74) is 0.623. The van der Waals surface area contributed by atoms with E-state index in [-0.39, 0.29) is 62.0 Å². The van der Waals surface area contributed by atoms with Gasteiger partial charge in [-0.3, -0.25) is 4.55 Å². The predicted octanol–water partition coefficient (Wildman–Crippen LogP) is 1.86. The summed E-state index contributed by atoms with van der Waals surface area (Å²) in [6.45, 7) is 2.23. The fourth-order valence-electron chi connectivity index (χ4n) is 2.88. The van der Waals surface area contributed by atoms with Crippen LogP contribution in [0.15, 0.2) is 23.1 Å². The van der Waals surface area contributed by atoms with E-state index in [0.29, 0.717) is 12.0 Å². The normalized spacial score (nSPS) is 11.3. The Kier molecular flexibility index (Phi) is 14.9. The van der Waals surface area contributed by atoms with E-state index in [9.17, 15) is 13.5 Å². The molecule has 1 rings (SSSR count). The maximum Gasteiger partial charge on any atom is 1.00 e. The molecule has 0 aliphatic heterocycles. The summed E-state index contributed by atoms with van der Waals surface area (Å²) in [4.78, 5) is -0.324. The van der Waals surface area contributed by atoms with Crippen molar-refractivity contribution in [1.29, 1.82) is 0 Å². The number of aryl methyl sites for hydroxylation is 1. The molecule has 4 nitrogen and oxygen atoms in total. The van der Waals surface area contributed by atoms with Crippen LogP contribution in [0.25, 0.3) is 0 Å². The maximum atomic E-state index is 11.8. The van der Waals surface area contributed by atoms with Gasteiger partial charge in [-0.2, -0.15) is 8.42 Å². The molecule has 0 saturated heterocycles. The minimum absolute atomic E-state index is 0. The molecule has 0 aliphatic carbocycles. The monoisotopic (exact) mass is 394 g/mol. The molecular formula is C19H31KO4S. The summed E-state index contributed by atoms with van der Waals surface area (Å²) in [5, 5.41) is 11.8. The van der Waals surface area contributed by atoms with Gasteiger partial charge >= 0.3 is 51.4 Å². The largest absolute Gasteiger partial charge is 1.00 e. The van der Waals surface area contributed by atoms with Gasteiger partial charge in [0.25, 0.3) is 10.1 Å². The molecule has 0 heterocycles. The summed E-state index contributed by atoms with van der Waals surface area (Å²) in [5.74, 6) is -0.308. The first-order chi connectivity index (χ1) is 11.4. The van der Waals surface area contributed by atoms with E-state index in [2.05, 4.69) is 6.92 Å². The molecule has 0 atom stereocenters. The second-order valence-electron chi connectivity index (χ2n) is 6.53. The van der Waals surface area contributed by atoms with Crippen molar-refractivity contribution in [1.82, 2.24) is 0 Å². The molecule has 0 radical (unpaired) electrons. The van der Waals surface area contributed by atoms with Crippen molar-refractivity contribution < 1.29 is 69.5 Å². The van der Waals surface area contributed by atoms with E-state index in [0.717, 1.165) is 18.9 Å². The first kappa shape index (κ1) is 25.6. The van der Waals surface area contributed by atoms with E-state index in [1.165, 1.54) is 69.9 Å². The van der Waals surface area contributed by atoms with Crippen LogP contribution in [0.4, 0.5) is 0 Å². The second kappa shape index (κ2) is 14.6. The first-order valence-corrected chi connectivity index (χ1v) is 10.7. The molecule has 0 amide bonds. The standard InChI is InChI=1S/C19H32O4S.K/c1-2-3-4-5-6-7-8-9-10-11-12-13-17-14-15-18(16-19(17)20)24(21,22)23;/h14-16,20H,2-13H2,1H3,(H,21,22,23);/q;+1/p-1. The zero-order chi connectivity index (χ0) is 17.8. The van der Waals surface area contributed by atoms with Gasteiger partial charge in [-0.15, -0.1) is 5.75 Å². The second-order valence-corrected chi connectivity index (χ2v) is 7.95. The van der Waals surface area contributed by atoms with Crippen molar-refractivity contribution in [2.45, 2.75) is 88.9 Å². The number of unbranched alkanes of at least 4 members (excludes halogenated alkanes) is 10. The van der Waals surface area contributed by atoms with Crippen LogP contribution in [0.1, 0.15) is 83.1 Å². The molecule has 1 N–H and O–H groups in total. The smallest absolute Gasteiger partial charge is 0.872 e. The molecular weight excluding hydrogens is 363 g/mol. The molecule has 0 aliphatic rings. The molecule has 6 heteroatoms. The Labute approximate surface area is 196 Å². The zero-order valence-corrected chi connectivity index (χ0v) is 19.7. The Morgan fingerprint density at radius 1 is 0.880 bits per heavy atom. The molecule has 0 aromatic heterocycles. The quantitative estimate of drug-likeness (QED) is 0.315. The van der Waals surface area contributed by atoms with Crippen molar-refractivity contribution in [3.05, 3.63) is 23.8 Å². The van der Waals surface area contributed by atoms with E-state index in [4.69, 9.17) is 4.55 Å². The van der Waals surface area contributed by atoms with Crippen LogP contribution in [-0.2, 0) is 16.5 Å². The third-order valence-electron chi connectivity index (χ3n) is 4.39. The Hall–Kier alpha value is 0.566. The minimum atomic E-state index is -4.29. The van der Waals surface area contributed by atoms with Crippen molar-refractivity contribution in [3.63, 3.8) is 0 Å². The predicted molar refractivity (Wildman–Crippen MR) is 95.9 cm³/mol. The van der Waals surface area contributed by atoms with Gasteiger partial charge in [-0.1, -0.05) is 82.8 Å². The average Bonchev–Trinajstić information content (AvgIpc) is 2.53. The van der Waals surface area contributed by atoms with Crippen molar-refractivity contribution in [2.75, 3.05) is 0 Å². The van der Waals surface area contributed by atoms with E-state index in [1.54, 1.807) is 0 Å². The van der Waals surface area contributed by atoms with Gasteiger partial charge in [0.1, 0.15) is 0 Å². The average molecular weight is 395 g/mol. The third kappa shape index (κ3) is 11.8. The van der Waals surface area contributed by atoms with Crippen LogP contribution >= 0.6 is 0 Å². The van der Waals surface area contributed by atoms with Crippen molar-refractivity contribution >= 4 is 10.1 Å². The first-order valence-electron chi connectivity index (χ1n) is 9.22. The third-order valence-corrected chi connectivity index (χ3v) is 5.24. The topological polar surface area (TPSA) is 77.4 Å². The van der Waals surface area contributed by atoms with Crippen molar-refractivity contribution in [2.24, 2.45) is 0 Å². The SMILES string of the molecule is CCCCCCCCCCCCCc1ccc(S(=O)(=O)O)cc1[O-].[K+]. The minimum Gasteiger partial charge on any atom is -0.872 e. The summed E-state index contributed by atoms with van der Waals surface area (Å²) in [6.07, 6.45) is 14.5. The number of rotatable bonds is 13. The Morgan fingerprint density at radius 2 is 1.36 bits per heavy atom. The zero-order valence-electron chi connectivity index (χ0n) is 15.8. The van der Waals surface area contributed by atoms with Crippen molar-refractivity contribution in [3.8, 4) is 5.75 Å². The summed E-state index contributed by atoms with van der Waals surface area (Å²) >= 11 is 0. The van der Waals surface area contributed by atoms with Gasteiger partial charge in [0, 0.05) is 0 Å². The van der Waals surface area contributed by atoms with Crippen LogP contribution in [-0.4, -0.2) is 13.0 Å². The number of hydrogen-bond acceptors (Lipinski definition) is 3. The van der Waals surface area contributed by atoms with Crippen LogP contribution < -0.4 is 56.5 Å². The van der Waals surface area contributed by atoms with E-state index < -0.39 is 10.1 Å². The van der Waals surface area contributed by atoms with Crippen LogP contribution in [0.5, 0.6) is 5.75 Å².